The Morgan fingerprint density at radius 2 is 2.32 bits per heavy atom. The smallest absolute Gasteiger partial charge is 0.268 e. The first-order valence-electron chi connectivity index (χ1n) is 6.01. The second-order valence-corrected chi connectivity index (χ2v) is 5.22. The highest BCUT2D eigenvalue weighted by molar-refractivity contribution is 9.10. The van der Waals surface area contributed by atoms with E-state index in [2.05, 4.69) is 26.6 Å². The van der Waals surface area contributed by atoms with Crippen LogP contribution in [0.25, 0.3) is 0 Å². The molecule has 0 spiro atoms. The second-order valence-electron chi connectivity index (χ2n) is 4.31. The predicted molar refractivity (Wildman–Crippen MR) is 71.4 cm³/mol. The van der Waals surface area contributed by atoms with Crippen LogP contribution in [0.5, 0.6) is 0 Å². The highest BCUT2D eigenvalue weighted by Crippen LogP contribution is 2.15. The highest BCUT2D eigenvalue weighted by Gasteiger charge is 2.28. The molecule has 1 unspecified atom stereocenters. The van der Waals surface area contributed by atoms with Crippen molar-refractivity contribution in [1.29, 1.82) is 0 Å². The number of hydrogen-bond acceptors (Lipinski definition) is 3. The molecule has 1 saturated heterocycles. The first kappa shape index (κ1) is 13.8. The number of piperidine rings is 1. The first-order chi connectivity index (χ1) is 9.01. The molecular weight excluding hydrogens is 314 g/mol. The summed E-state index contributed by atoms with van der Waals surface area (Å²) in [6, 6.07) is 1.05. The van der Waals surface area contributed by atoms with E-state index in [1.165, 1.54) is 0 Å². The van der Waals surface area contributed by atoms with Gasteiger partial charge < -0.3 is 9.88 Å². The third-order valence-electron chi connectivity index (χ3n) is 2.98. The number of halogens is 1. The lowest BCUT2D eigenvalue weighted by Crippen LogP contribution is -2.52. The number of carbonyl (C=O) groups excluding carboxylic acids is 3. The van der Waals surface area contributed by atoms with Crippen LogP contribution in [-0.4, -0.2) is 28.3 Å². The quantitative estimate of drug-likeness (QED) is 0.806. The predicted octanol–water partition coefficient (Wildman–Crippen LogP) is 0.805. The molecule has 2 heterocycles. The SMILES string of the molecule is CCn1cc(Br)cc1C(=O)NC1CCC(=O)NC1=O. The summed E-state index contributed by atoms with van der Waals surface area (Å²) in [5.74, 6) is -1.06. The molecule has 19 heavy (non-hydrogen) atoms. The van der Waals surface area contributed by atoms with Gasteiger partial charge in [-0.3, -0.25) is 19.7 Å². The van der Waals surface area contributed by atoms with E-state index in [9.17, 15) is 14.4 Å². The molecule has 1 aromatic heterocycles. The molecule has 102 valence electrons. The molecule has 7 heteroatoms. The third kappa shape index (κ3) is 3.04. The molecule has 1 aliphatic heterocycles. The molecule has 0 aliphatic carbocycles. The van der Waals surface area contributed by atoms with Gasteiger partial charge in [0.25, 0.3) is 5.91 Å². The van der Waals surface area contributed by atoms with Gasteiger partial charge in [0.1, 0.15) is 11.7 Å². The molecule has 1 aromatic rings. The molecule has 0 saturated carbocycles. The Labute approximate surface area is 118 Å². The zero-order valence-corrected chi connectivity index (χ0v) is 12.0. The maximum absolute atomic E-state index is 12.1. The van der Waals surface area contributed by atoms with Crippen LogP contribution in [0, 0.1) is 0 Å². The molecule has 0 radical (unpaired) electrons. The largest absolute Gasteiger partial charge is 0.343 e. The fourth-order valence-electron chi connectivity index (χ4n) is 1.99. The van der Waals surface area contributed by atoms with E-state index >= 15 is 0 Å². The summed E-state index contributed by atoms with van der Waals surface area (Å²) in [4.78, 5) is 34.7. The number of carbonyl (C=O) groups is 3. The fourth-order valence-corrected chi connectivity index (χ4v) is 2.45. The van der Waals surface area contributed by atoms with Crippen molar-refractivity contribution in [2.75, 3.05) is 0 Å². The summed E-state index contributed by atoms with van der Waals surface area (Å²) in [5, 5.41) is 4.86. The van der Waals surface area contributed by atoms with Crippen LogP contribution in [0.15, 0.2) is 16.7 Å². The van der Waals surface area contributed by atoms with Gasteiger partial charge in [0.05, 0.1) is 0 Å². The van der Waals surface area contributed by atoms with E-state index in [1.54, 1.807) is 16.8 Å². The van der Waals surface area contributed by atoms with Crippen LogP contribution in [0.1, 0.15) is 30.3 Å². The first-order valence-corrected chi connectivity index (χ1v) is 6.80. The van der Waals surface area contributed by atoms with Gasteiger partial charge in [-0.05, 0) is 35.3 Å². The Morgan fingerprint density at radius 1 is 1.58 bits per heavy atom. The van der Waals surface area contributed by atoms with Crippen molar-refractivity contribution < 1.29 is 14.4 Å². The molecular formula is C12H14BrN3O3. The lowest BCUT2D eigenvalue weighted by atomic mass is 10.1. The molecule has 6 nitrogen and oxygen atoms in total. The number of nitrogens with one attached hydrogen (secondary N) is 2. The Kier molecular flexibility index (Phi) is 4.04. The van der Waals surface area contributed by atoms with Gasteiger partial charge in [-0.15, -0.1) is 0 Å². The molecule has 2 N–H and O–H groups in total. The second kappa shape index (κ2) is 5.56. The molecule has 3 amide bonds. The average molecular weight is 328 g/mol. The van der Waals surface area contributed by atoms with Gasteiger partial charge in [0.15, 0.2) is 0 Å². The number of imide groups is 1. The van der Waals surface area contributed by atoms with Crippen LogP contribution in [0.2, 0.25) is 0 Å². The van der Waals surface area contributed by atoms with Crippen molar-refractivity contribution in [3.05, 3.63) is 22.4 Å². The summed E-state index contributed by atoms with van der Waals surface area (Å²) >= 11 is 3.31. The van der Waals surface area contributed by atoms with Crippen molar-refractivity contribution in [3.8, 4) is 0 Å². The van der Waals surface area contributed by atoms with Crippen molar-refractivity contribution in [2.45, 2.75) is 32.4 Å². The van der Waals surface area contributed by atoms with Crippen LogP contribution in [-0.2, 0) is 16.1 Å². The van der Waals surface area contributed by atoms with Crippen LogP contribution in [0.4, 0.5) is 0 Å². The molecule has 0 aromatic carbocycles. The van der Waals surface area contributed by atoms with Crippen LogP contribution >= 0.6 is 15.9 Å². The minimum absolute atomic E-state index is 0.245. The van der Waals surface area contributed by atoms with Crippen molar-refractivity contribution in [1.82, 2.24) is 15.2 Å². The van der Waals surface area contributed by atoms with Gasteiger partial charge in [0, 0.05) is 23.6 Å². The summed E-state index contributed by atoms with van der Waals surface area (Å²) in [6.45, 7) is 2.58. The highest BCUT2D eigenvalue weighted by atomic mass is 79.9. The normalized spacial score (nSPS) is 19.2. The van der Waals surface area contributed by atoms with E-state index in [1.807, 2.05) is 6.92 Å². The monoisotopic (exact) mass is 327 g/mol. The number of nitrogens with zero attached hydrogens (tertiary/aromatic N) is 1. The van der Waals surface area contributed by atoms with Crippen molar-refractivity contribution in [3.63, 3.8) is 0 Å². The lowest BCUT2D eigenvalue weighted by Gasteiger charge is -2.21. The minimum atomic E-state index is -0.649. The topological polar surface area (TPSA) is 80.2 Å². The lowest BCUT2D eigenvalue weighted by molar-refractivity contribution is -0.134. The van der Waals surface area contributed by atoms with E-state index in [4.69, 9.17) is 0 Å². The number of amides is 3. The number of hydrogen-bond donors (Lipinski definition) is 2. The minimum Gasteiger partial charge on any atom is -0.343 e. The van der Waals surface area contributed by atoms with Crippen LogP contribution in [0.3, 0.4) is 0 Å². The Bertz CT molecular complexity index is 538. The van der Waals surface area contributed by atoms with Gasteiger partial charge in [-0.25, -0.2) is 0 Å². The number of aryl methyl sites for hydroxylation is 1. The Hall–Kier alpha value is -1.63. The summed E-state index contributed by atoms with van der Waals surface area (Å²) in [5.41, 5.74) is 0.485. The summed E-state index contributed by atoms with van der Waals surface area (Å²) < 4.78 is 2.59. The molecule has 2 rings (SSSR count). The van der Waals surface area contributed by atoms with E-state index in [0.717, 1.165) is 4.47 Å². The fraction of sp³-hybridized carbons (Fsp3) is 0.417. The van der Waals surface area contributed by atoms with Gasteiger partial charge in [-0.1, -0.05) is 0 Å². The van der Waals surface area contributed by atoms with Crippen LogP contribution < -0.4 is 10.6 Å². The van der Waals surface area contributed by atoms with Gasteiger partial charge in [-0.2, -0.15) is 0 Å². The molecule has 0 bridgehead atoms. The number of aromatic nitrogens is 1. The molecule has 1 atom stereocenters. The molecule has 1 fully saturated rings. The maximum atomic E-state index is 12.1. The Balaban J connectivity index is 2.08. The summed E-state index contributed by atoms with van der Waals surface area (Å²) in [7, 11) is 0. The zero-order chi connectivity index (χ0) is 14.0. The third-order valence-corrected chi connectivity index (χ3v) is 3.41. The van der Waals surface area contributed by atoms with Gasteiger partial charge >= 0.3 is 0 Å². The number of rotatable bonds is 3. The van der Waals surface area contributed by atoms with Crippen molar-refractivity contribution >= 4 is 33.7 Å². The van der Waals surface area contributed by atoms with Gasteiger partial charge in [0.2, 0.25) is 11.8 Å². The standard InChI is InChI=1S/C12H14BrN3O3/c1-2-16-6-7(13)5-9(16)12(19)14-8-3-4-10(17)15-11(8)18/h5-6,8H,2-4H2,1H3,(H,14,19)(H,15,17,18). The van der Waals surface area contributed by atoms with E-state index < -0.39 is 11.9 Å². The van der Waals surface area contributed by atoms with Crippen molar-refractivity contribution in [2.24, 2.45) is 0 Å². The van der Waals surface area contributed by atoms with E-state index in [-0.39, 0.29) is 18.2 Å². The average Bonchev–Trinajstić information content (AvgIpc) is 2.74. The maximum Gasteiger partial charge on any atom is 0.268 e. The zero-order valence-electron chi connectivity index (χ0n) is 10.4. The Morgan fingerprint density at radius 3 is 2.95 bits per heavy atom. The molecule has 1 aliphatic rings. The van der Waals surface area contributed by atoms with E-state index in [0.29, 0.717) is 18.7 Å². The summed E-state index contributed by atoms with van der Waals surface area (Å²) in [6.07, 6.45) is 2.39.